The number of aryl methyl sites for hydroxylation is 2. The third kappa shape index (κ3) is 2.63. The number of aromatic amines is 1. The Labute approximate surface area is 133 Å². The number of rotatable bonds is 3. The summed E-state index contributed by atoms with van der Waals surface area (Å²) in [6, 6.07) is 4.78. The molecule has 0 bridgehead atoms. The lowest BCUT2D eigenvalue weighted by atomic mass is 10.2. The number of amides is 1. The molecule has 1 aliphatic heterocycles. The zero-order valence-electron chi connectivity index (χ0n) is 12.9. The van der Waals surface area contributed by atoms with Gasteiger partial charge in [0.1, 0.15) is 10.6 Å². The Morgan fingerprint density at radius 3 is 2.74 bits per heavy atom. The highest BCUT2D eigenvalue weighted by Gasteiger charge is 2.25. The van der Waals surface area contributed by atoms with E-state index in [1.54, 1.807) is 39.1 Å². The summed E-state index contributed by atoms with van der Waals surface area (Å²) in [5.74, 6) is 0.338. The summed E-state index contributed by atoms with van der Waals surface area (Å²) in [6.07, 6.45) is 0. The van der Waals surface area contributed by atoms with E-state index in [2.05, 4.69) is 14.9 Å². The summed E-state index contributed by atoms with van der Waals surface area (Å²) < 4.78 is 32.9. The molecule has 2 aromatic rings. The Hall–Kier alpha value is -2.55. The van der Waals surface area contributed by atoms with Crippen LogP contribution in [0.4, 0.5) is 11.4 Å². The molecule has 1 amide bonds. The fraction of sp³-hybridized carbons (Fsp3) is 0.286. The van der Waals surface area contributed by atoms with Crippen molar-refractivity contribution in [2.24, 2.45) is 0 Å². The number of benzene rings is 1. The largest absolute Gasteiger partial charge is 0.482 e. The minimum Gasteiger partial charge on any atom is -0.482 e. The number of nitrogens with one attached hydrogen (secondary N) is 2. The quantitative estimate of drug-likeness (QED) is 0.876. The van der Waals surface area contributed by atoms with Gasteiger partial charge in [0.2, 0.25) is 0 Å². The molecule has 0 radical (unpaired) electrons. The lowest BCUT2D eigenvalue weighted by Gasteiger charge is -2.26. The zero-order chi connectivity index (χ0) is 16.8. The molecule has 3 rings (SSSR count). The SMILES string of the molecule is Cc1n[nH]c(C)c1S(=O)(=O)Nc1ccc2c(c1)N(C)C(=O)CO2. The van der Waals surface area contributed by atoms with Crippen LogP contribution >= 0.6 is 0 Å². The third-order valence-corrected chi connectivity index (χ3v) is 5.27. The third-order valence-electron chi connectivity index (χ3n) is 3.63. The van der Waals surface area contributed by atoms with E-state index in [1.807, 2.05) is 0 Å². The second-order valence-corrected chi connectivity index (χ2v) is 6.91. The van der Waals surface area contributed by atoms with Crippen molar-refractivity contribution in [1.82, 2.24) is 10.2 Å². The Morgan fingerprint density at radius 1 is 1.35 bits per heavy atom. The molecule has 0 unspecified atom stereocenters. The van der Waals surface area contributed by atoms with Crippen LogP contribution in [0.3, 0.4) is 0 Å². The molecule has 0 spiro atoms. The number of nitrogens with zero attached hydrogens (tertiary/aromatic N) is 2. The highest BCUT2D eigenvalue weighted by molar-refractivity contribution is 7.92. The van der Waals surface area contributed by atoms with Gasteiger partial charge < -0.3 is 9.64 Å². The Balaban J connectivity index is 1.97. The van der Waals surface area contributed by atoms with Gasteiger partial charge in [-0.3, -0.25) is 14.6 Å². The summed E-state index contributed by atoms with van der Waals surface area (Å²) >= 11 is 0. The Morgan fingerprint density at radius 2 is 2.09 bits per heavy atom. The van der Waals surface area contributed by atoms with Crippen molar-refractivity contribution in [2.75, 3.05) is 23.3 Å². The number of likely N-dealkylation sites (N-methyl/N-ethyl adjacent to an activating group) is 1. The molecule has 9 heteroatoms. The molecule has 0 saturated carbocycles. The maximum Gasteiger partial charge on any atom is 0.265 e. The van der Waals surface area contributed by atoms with Crippen LogP contribution in [0.2, 0.25) is 0 Å². The van der Waals surface area contributed by atoms with Crippen LogP contribution in [0.25, 0.3) is 0 Å². The van der Waals surface area contributed by atoms with E-state index in [1.165, 1.54) is 4.90 Å². The van der Waals surface area contributed by atoms with Crippen LogP contribution in [0.1, 0.15) is 11.4 Å². The molecular weight excluding hydrogens is 320 g/mol. The van der Waals surface area contributed by atoms with E-state index in [0.29, 0.717) is 28.5 Å². The van der Waals surface area contributed by atoms with Gasteiger partial charge in [0, 0.05) is 7.05 Å². The van der Waals surface area contributed by atoms with Crippen LogP contribution in [0.5, 0.6) is 5.75 Å². The molecule has 2 heterocycles. The predicted octanol–water partition coefficient (Wildman–Crippen LogP) is 1.18. The van der Waals surface area contributed by atoms with Crippen LogP contribution in [0.15, 0.2) is 23.1 Å². The summed E-state index contributed by atoms with van der Waals surface area (Å²) in [6.45, 7) is 3.23. The highest BCUT2D eigenvalue weighted by Crippen LogP contribution is 2.34. The minimum absolute atomic E-state index is 0.0258. The van der Waals surface area contributed by atoms with Gasteiger partial charge in [-0.15, -0.1) is 0 Å². The summed E-state index contributed by atoms with van der Waals surface area (Å²) in [5, 5.41) is 6.55. The molecule has 1 aromatic heterocycles. The normalized spacial score (nSPS) is 14.4. The van der Waals surface area contributed by atoms with Gasteiger partial charge in [-0.1, -0.05) is 0 Å². The summed E-state index contributed by atoms with van der Waals surface area (Å²) in [7, 11) is -2.16. The first-order valence-corrected chi connectivity index (χ1v) is 8.35. The molecule has 122 valence electrons. The molecule has 0 atom stereocenters. The second-order valence-electron chi connectivity index (χ2n) is 5.29. The average molecular weight is 336 g/mol. The number of hydrogen-bond donors (Lipinski definition) is 2. The molecule has 23 heavy (non-hydrogen) atoms. The van der Waals surface area contributed by atoms with E-state index in [9.17, 15) is 13.2 Å². The Kier molecular flexibility index (Phi) is 3.52. The second kappa shape index (κ2) is 5.27. The van der Waals surface area contributed by atoms with E-state index in [4.69, 9.17) is 4.74 Å². The Bertz CT molecular complexity index is 869. The number of carbonyl (C=O) groups excluding carboxylic acids is 1. The maximum atomic E-state index is 12.5. The molecule has 0 aliphatic carbocycles. The monoisotopic (exact) mass is 336 g/mol. The number of H-pyrrole nitrogens is 1. The number of fused-ring (bicyclic) bond motifs is 1. The molecule has 0 saturated heterocycles. The van der Waals surface area contributed by atoms with Gasteiger partial charge in [0.25, 0.3) is 15.9 Å². The molecule has 2 N–H and O–H groups in total. The standard InChI is InChI=1S/C14H16N4O4S/c1-8-14(9(2)16-15-8)23(20,21)17-10-4-5-12-11(6-10)18(3)13(19)7-22-12/h4-6,17H,7H2,1-3H3,(H,15,16). The van der Waals surface area contributed by atoms with Crippen molar-refractivity contribution >= 4 is 27.3 Å². The van der Waals surface area contributed by atoms with Gasteiger partial charge in [0.05, 0.1) is 22.8 Å². The molecule has 0 fully saturated rings. The minimum atomic E-state index is -3.78. The van der Waals surface area contributed by atoms with Crippen molar-refractivity contribution in [1.29, 1.82) is 0 Å². The van der Waals surface area contributed by atoms with E-state index in [-0.39, 0.29) is 17.4 Å². The van der Waals surface area contributed by atoms with Crippen molar-refractivity contribution in [3.8, 4) is 5.75 Å². The topological polar surface area (TPSA) is 104 Å². The number of aromatic nitrogens is 2. The first kappa shape index (κ1) is 15.3. The fourth-order valence-electron chi connectivity index (χ4n) is 2.48. The predicted molar refractivity (Wildman–Crippen MR) is 84.2 cm³/mol. The molecular formula is C14H16N4O4S. The van der Waals surface area contributed by atoms with Crippen LogP contribution in [0, 0.1) is 13.8 Å². The first-order chi connectivity index (χ1) is 10.8. The molecule has 1 aliphatic rings. The van der Waals surface area contributed by atoms with E-state index < -0.39 is 10.0 Å². The van der Waals surface area contributed by atoms with Gasteiger partial charge in [-0.25, -0.2) is 8.42 Å². The first-order valence-electron chi connectivity index (χ1n) is 6.87. The zero-order valence-corrected chi connectivity index (χ0v) is 13.7. The molecule has 8 nitrogen and oxygen atoms in total. The lowest BCUT2D eigenvalue weighted by Crippen LogP contribution is -2.35. The average Bonchev–Trinajstić information content (AvgIpc) is 2.83. The van der Waals surface area contributed by atoms with Gasteiger partial charge in [0.15, 0.2) is 6.61 Å². The van der Waals surface area contributed by atoms with Gasteiger partial charge >= 0.3 is 0 Å². The maximum absolute atomic E-state index is 12.5. The van der Waals surface area contributed by atoms with Crippen molar-refractivity contribution in [3.05, 3.63) is 29.6 Å². The number of hydrogen-bond acceptors (Lipinski definition) is 5. The lowest BCUT2D eigenvalue weighted by molar-refractivity contribution is -0.120. The highest BCUT2D eigenvalue weighted by atomic mass is 32.2. The molecule has 1 aromatic carbocycles. The number of ether oxygens (including phenoxy) is 1. The number of anilines is 2. The van der Waals surface area contributed by atoms with Crippen molar-refractivity contribution in [3.63, 3.8) is 0 Å². The van der Waals surface area contributed by atoms with Gasteiger partial charge in [-0.05, 0) is 32.0 Å². The van der Waals surface area contributed by atoms with Crippen LogP contribution < -0.4 is 14.4 Å². The summed E-state index contributed by atoms with van der Waals surface area (Å²) in [4.78, 5) is 13.2. The van der Waals surface area contributed by atoms with E-state index >= 15 is 0 Å². The van der Waals surface area contributed by atoms with Crippen molar-refractivity contribution < 1.29 is 17.9 Å². The number of carbonyl (C=O) groups is 1. The summed E-state index contributed by atoms with van der Waals surface area (Å²) in [5.41, 5.74) is 1.71. The van der Waals surface area contributed by atoms with E-state index in [0.717, 1.165) is 0 Å². The van der Waals surface area contributed by atoms with Crippen LogP contribution in [-0.4, -0.2) is 38.2 Å². The smallest absolute Gasteiger partial charge is 0.265 e. The fourth-order valence-corrected chi connectivity index (χ4v) is 3.90. The number of sulfonamides is 1. The van der Waals surface area contributed by atoms with Gasteiger partial charge in [-0.2, -0.15) is 5.10 Å². The van der Waals surface area contributed by atoms with Crippen LogP contribution in [-0.2, 0) is 14.8 Å². The van der Waals surface area contributed by atoms with Crippen molar-refractivity contribution in [2.45, 2.75) is 18.7 Å².